The summed E-state index contributed by atoms with van der Waals surface area (Å²) in [6.45, 7) is 1.52. The van der Waals surface area contributed by atoms with E-state index in [1.165, 1.54) is 39.7 Å². The Morgan fingerprint density at radius 3 is 2.26 bits per heavy atom. The minimum atomic E-state index is -4.34. The normalized spacial score (nSPS) is 11.7. The van der Waals surface area contributed by atoms with Crippen LogP contribution < -0.4 is 24.2 Å². The Balaban J connectivity index is 2.08. The fraction of sp³-hybridized carbons (Fsp3) is 0.263. The van der Waals surface area contributed by atoms with E-state index in [2.05, 4.69) is 15.2 Å². The Bertz CT molecular complexity index is 1490. The number of thiophene rings is 1. The summed E-state index contributed by atoms with van der Waals surface area (Å²) in [5, 5.41) is 7.34. The maximum atomic E-state index is 13.2. The molecule has 2 N–H and O–H groups in total. The first-order valence-corrected chi connectivity index (χ1v) is 14.0. The Kier molecular flexibility index (Phi) is 7.54. The number of ether oxygens (including phenoxy) is 3. The van der Waals surface area contributed by atoms with Crippen LogP contribution in [0.4, 0.5) is 11.6 Å². The van der Waals surface area contributed by atoms with E-state index in [9.17, 15) is 21.6 Å². The van der Waals surface area contributed by atoms with Crippen LogP contribution in [0.25, 0.3) is 0 Å². The molecule has 0 aliphatic rings. The van der Waals surface area contributed by atoms with Crippen LogP contribution in [-0.2, 0) is 19.9 Å². The zero-order chi connectivity index (χ0) is 26.1. The Labute approximate surface area is 210 Å². The SMILES string of the molecule is COc1cc(S(C)(=O)=O)c(NC(=O)c2sccc2S(=O)(=O)Nc2onc(C)c2Cl)c(OC)c1OC. The number of aromatic nitrogens is 1. The fourth-order valence-corrected chi connectivity index (χ4v) is 6.32. The molecular weight excluding hydrogens is 546 g/mol. The van der Waals surface area contributed by atoms with Gasteiger partial charge in [0, 0.05) is 12.3 Å². The van der Waals surface area contributed by atoms with Gasteiger partial charge in [-0.05, 0) is 18.4 Å². The lowest BCUT2D eigenvalue weighted by Crippen LogP contribution is -2.20. The standard InChI is InChI=1S/C19H20ClN3O9S3/c1-9-13(20)19(32-22-9)23-35(27,28)11-6-7-33-17(11)18(24)21-14-12(34(5,25)26)8-10(29-2)15(30-3)16(14)31-4/h6-8,23H,1-5H3,(H,21,24). The summed E-state index contributed by atoms with van der Waals surface area (Å²) in [4.78, 5) is 12.2. The molecule has 2 heterocycles. The van der Waals surface area contributed by atoms with Gasteiger partial charge in [-0.3, -0.25) is 4.79 Å². The number of sulfonamides is 1. The molecule has 3 aromatic rings. The zero-order valence-corrected chi connectivity index (χ0v) is 22.2. The first kappa shape index (κ1) is 26.6. The van der Waals surface area contributed by atoms with Gasteiger partial charge in [-0.2, -0.15) is 0 Å². The number of halogens is 1. The molecule has 1 amide bonds. The van der Waals surface area contributed by atoms with E-state index in [0.717, 1.165) is 23.7 Å². The minimum Gasteiger partial charge on any atom is -0.493 e. The molecule has 1 aromatic carbocycles. The molecule has 0 atom stereocenters. The van der Waals surface area contributed by atoms with Gasteiger partial charge in [0.05, 0.1) is 26.2 Å². The molecule has 0 saturated heterocycles. The fourth-order valence-electron chi connectivity index (χ4n) is 2.99. The monoisotopic (exact) mass is 565 g/mol. The highest BCUT2D eigenvalue weighted by Crippen LogP contribution is 2.47. The first-order chi connectivity index (χ1) is 16.3. The van der Waals surface area contributed by atoms with Crippen molar-refractivity contribution < 1.29 is 40.4 Å². The summed E-state index contributed by atoms with van der Waals surface area (Å²) >= 11 is 6.79. The van der Waals surface area contributed by atoms with Crippen LogP contribution in [-0.4, -0.2) is 55.5 Å². The Morgan fingerprint density at radius 2 is 1.74 bits per heavy atom. The predicted molar refractivity (Wildman–Crippen MR) is 129 cm³/mol. The number of anilines is 2. The second-order valence-corrected chi connectivity index (χ2v) is 11.8. The van der Waals surface area contributed by atoms with E-state index in [-0.39, 0.29) is 49.3 Å². The van der Waals surface area contributed by atoms with Gasteiger partial charge in [-0.25, -0.2) is 21.6 Å². The third-order valence-electron chi connectivity index (χ3n) is 4.57. The second-order valence-electron chi connectivity index (χ2n) is 6.88. The molecule has 12 nitrogen and oxygen atoms in total. The van der Waals surface area contributed by atoms with E-state index in [0.29, 0.717) is 0 Å². The molecule has 0 bridgehead atoms. The number of sulfone groups is 1. The van der Waals surface area contributed by atoms with Crippen LogP contribution in [0.15, 0.2) is 31.8 Å². The molecule has 16 heteroatoms. The minimum absolute atomic E-state index is 0.0220. The van der Waals surface area contributed by atoms with Crippen molar-refractivity contribution in [2.24, 2.45) is 0 Å². The van der Waals surface area contributed by atoms with Crippen molar-refractivity contribution in [3.8, 4) is 17.2 Å². The van der Waals surface area contributed by atoms with Crippen molar-refractivity contribution in [1.82, 2.24) is 5.16 Å². The van der Waals surface area contributed by atoms with Gasteiger partial charge >= 0.3 is 0 Å². The number of nitrogens with one attached hydrogen (secondary N) is 2. The van der Waals surface area contributed by atoms with Crippen molar-refractivity contribution >= 4 is 60.3 Å². The molecule has 0 saturated carbocycles. The van der Waals surface area contributed by atoms with Crippen molar-refractivity contribution in [3.63, 3.8) is 0 Å². The summed E-state index contributed by atoms with van der Waals surface area (Å²) in [6, 6.07) is 2.36. The van der Waals surface area contributed by atoms with Crippen LogP contribution >= 0.6 is 22.9 Å². The van der Waals surface area contributed by atoms with Gasteiger partial charge in [0.15, 0.2) is 21.3 Å². The van der Waals surface area contributed by atoms with E-state index in [1.807, 2.05) is 0 Å². The number of amides is 1. The number of nitrogens with zero attached hydrogens (tertiary/aromatic N) is 1. The Morgan fingerprint density at radius 1 is 1.09 bits per heavy atom. The number of hydrogen-bond acceptors (Lipinski definition) is 11. The molecule has 35 heavy (non-hydrogen) atoms. The highest BCUT2D eigenvalue weighted by molar-refractivity contribution is 7.93. The molecule has 0 unspecified atom stereocenters. The third kappa shape index (κ3) is 5.17. The summed E-state index contributed by atoms with van der Waals surface area (Å²) in [5.74, 6) is -1.30. The lowest BCUT2D eigenvalue weighted by Gasteiger charge is -2.19. The maximum absolute atomic E-state index is 13.2. The van der Waals surface area contributed by atoms with Crippen LogP contribution in [0.5, 0.6) is 17.2 Å². The summed E-state index contributed by atoms with van der Waals surface area (Å²) in [7, 11) is -4.40. The van der Waals surface area contributed by atoms with Gasteiger partial charge in [0.2, 0.25) is 5.75 Å². The molecule has 2 aromatic heterocycles. The highest BCUT2D eigenvalue weighted by atomic mass is 35.5. The number of benzene rings is 1. The molecule has 0 fully saturated rings. The number of carbonyl (C=O) groups excluding carboxylic acids is 1. The van der Waals surface area contributed by atoms with Crippen LogP contribution in [0.2, 0.25) is 5.02 Å². The number of carbonyl (C=O) groups is 1. The summed E-state index contributed by atoms with van der Waals surface area (Å²) in [6.07, 6.45) is 0.928. The van der Waals surface area contributed by atoms with E-state index < -0.39 is 30.7 Å². The quantitative estimate of drug-likeness (QED) is 0.394. The summed E-state index contributed by atoms with van der Waals surface area (Å²) < 4.78 is 73.6. The van der Waals surface area contributed by atoms with Gasteiger partial charge < -0.3 is 24.1 Å². The second kappa shape index (κ2) is 9.93. The molecule has 0 aliphatic heterocycles. The molecule has 190 valence electrons. The van der Waals surface area contributed by atoms with Crippen LogP contribution in [0, 0.1) is 6.92 Å². The molecule has 0 radical (unpaired) electrons. The molecule has 3 rings (SSSR count). The van der Waals surface area contributed by atoms with Gasteiger partial charge in [0.25, 0.3) is 21.8 Å². The topological polar surface area (TPSA) is 163 Å². The highest BCUT2D eigenvalue weighted by Gasteiger charge is 2.31. The summed E-state index contributed by atoms with van der Waals surface area (Å²) in [5.41, 5.74) is 0.0118. The van der Waals surface area contributed by atoms with E-state index >= 15 is 0 Å². The van der Waals surface area contributed by atoms with Crippen molar-refractivity contribution in [3.05, 3.63) is 33.1 Å². The maximum Gasteiger partial charge on any atom is 0.267 e. The van der Waals surface area contributed by atoms with Crippen molar-refractivity contribution in [1.29, 1.82) is 0 Å². The zero-order valence-electron chi connectivity index (χ0n) is 19.0. The first-order valence-electron chi connectivity index (χ1n) is 9.42. The number of rotatable bonds is 9. The van der Waals surface area contributed by atoms with E-state index in [4.69, 9.17) is 30.3 Å². The third-order valence-corrected chi connectivity index (χ3v) is 8.56. The van der Waals surface area contributed by atoms with Crippen LogP contribution in [0.1, 0.15) is 15.4 Å². The van der Waals surface area contributed by atoms with Gasteiger partial charge in [-0.15, -0.1) is 11.3 Å². The molecule has 0 spiro atoms. The lowest BCUT2D eigenvalue weighted by molar-refractivity contribution is 0.102. The number of aryl methyl sites for hydroxylation is 1. The van der Waals surface area contributed by atoms with Gasteiger partial charge in [-0.1, -0.05) is 16.8 Å². The Hall–Kier alpha value is -3.01. The smallest absolute Gasteiger partial charge is 0.267 e. The van der Waals surface area contributed by atoms with Crippen molar-refractivity contribution in [2.75, 3.05) is 37.6 Å². The molecule has 0 aliphatic carbocycles. The lowest BCUT2D eigenvalue weighted by atomic mass is 10.2. The average molecular weight is 566 g/mol. The van der Waals surface area contributed by atoms with Crippen molar-refractivity contribution in [2.45, 2.75) is 16.7 Å². The average Bonchev–Trinajstić information content (AvgIpc) is 3.41. The largest absolute Gasteiger partial charge is 0.493 e. The molecular formula is C19H20ClN3O9S3. The van der Waals surface area contributed by atoms with Gasteiger partial charge in [0.1, 0.15) is 26.2 Å². The van der Waals surface area contributed by atoms with Crippen LogP contribution in [0.3, 0.4) is 0 Å². The number of methoxy groups -OCH3 is 3. The number of hydrogen-bond donors (Lipinski definition) is 2. The van der Waals surface area contributed by atoms with E-state index in [1.54, 1.807) is 0 Å². The predicted octanol–water partition coefficient (Wildman–Crippen LogP) is 3.18.